The average Bonchev–Trinajstić information content (AvgIpc) is 2.87. The highest BCUT2D eigenvalue weighted by Gasteiger charge is 2.17. The summed E-state index contributed by atoms with van der Waals surface area (Å²) in [6.45, 7) is 0.209. The molecule has 0 saturated heterocycles. The van der Waals surface area contributed by atoms with Crippen molar-refractivity contribution in [2.24, 2.45) is 0 Å². The van der Waals surface area contributed by atoms with Crippen molar-refractivity contribution >= 4 is 29.4 Å². The van der Waals surface area contributed by atoms with Gasteiger partial charge in [0.1, 0.15) is 17.8 Å². The van der Waals surface area contributed by atoms with Crippen molar-refractivity contribution in [3.05, 3.63) is 82.9 Å². The number of nitrogens with zero attached hydrogens (tertiary/aromatic N) is 3. The summed E-state index contributed by atoms with van der Waals surface area (Å²) < 4.78 is 5.33. The molecule has 2 amide bonds. The van der Waals surface area contributed by atoms with Crippen molar-refractivity contribution in [2.75, 3.05) is 18.5 Å². The van der Waals surface area contributed by atoms with Gasteiger partial charge >= 0.3 is 11.9 Å². The van der Waals surface area contributed by atoms with E-state index in [1.807, 2.05) is 0 Å². The van der Waals surface area contributed by atoms with Gasteiger partial charge in [-0.15, -0.1) is 0 Å². The average molecular weight is 505 g/mol. The van der Waals surface area contributed by atoms with Crippen LogP contribution in [-0.2, 0) is 29.2 Å². The Balaban J connectivity index is 1.40. The van der Waals surface area contributed by atoms with Crippen LogP contribution < -0.4 is 15.4 Å². The third-order valence-corrected chi connectivity index (χ3v) is 5.44. The fraction of sp³-hybridized carbons (Fsp3) is 0.200. The van der Waals surface area contributed by atoms with Crippen LogP contribution in [0, 0.1) is 0 Å². The summed E-state index contributed by atoms with van der Waals surface area (Å²) in [5, 5.41) is 23.8. The molecule has 4 rings (SSSR count). The number of benzene rings is 2. The van der Waals surface area contributed by atoms with E-state index >= 15 is 0 Å². The van der Waals surface area contributed by atoms with Gasteiger partial charge in [0.25, 0.3) is 11.8 Å². The lowest BCUT2D eigenvalue weighted by Crippen LogP contribution is -2.30. The summed E-state index contributed by atoms with van der Waals surface area (Å²) in [5.74, 6) is -2.24. The minimum absolute atomic E-state index is 0.0416. The second kappa shape index (κ2) is 11.3. The van der Waals surface area contributed by atoms with Gasteiger partial charge in [-0.3, -0.25) is 19.3 Å². The van der Waals surface area contributed by atoms with Crippen molar-refractivity contribution in [1.29, 1.82) is 0 Å². The smallest absolute Gasteiger partial charge is 0.335 e. The molecule has 190 valence electrons. The number of aliphatic carboxylic acids is 1. The zero-order valence-corrected chi connectivity index (χ0v) is 19.5. The van der Waals surface area contributed by atoms with E-state index in [-0.39, 0.29) is 50.0 Å². The number of ether oxygens (including phenoxy) is 1. The van der Waals surface area contributed by atoms with Crippen molar-refractivity contribution in [3.8, 4) is 5.75 Å². The van der Waals surface area contributed by atoms with Crippen LogP contribution in [0.2, 0.25) is 0 Å². The molecule has 0 unspecified atom stereocenters. The lowest BCUT2D eigenvalue weighted by Gasteiger charge is -2.20. The molecular weight excluding hydrogens is 482 g/mol. The maximum Gasteiger partial charge on any atom is 0.335 e. The lowest BCUT2D eigenvalue weighted by atomic mass is 10.1. The van der Waals surface area contributed by atoms with Gasteiger partial charge in [-0.25, -0.2) is 14.8 Å². The molecule has 2 heterocycles. The number of rotatable bonds is 10. The monoisotopic (exact) mass is 505 g/mol. The first kappa shape index (κ1) is 25.3. The number of carboxylic acid groups (broad SMARTS) is 2. The second-order valence-electron chi connectivity index (χ2n) is 8.29. The van der Waals surface area contributed by atoms with Gasteiger partial charge in [0, 0.05) is 19.6 Å². The quantitative estimate of drug-likeness (QED) is 0.317. The summed E-state index contributed by atoms with van der Waals surface area (Å²) in [6.07, 6.45) is 1.23. The molecule has 0 atom stereocenters. The highest BCUT2D eigenvalue weighted by atomic mass is 16.5. The first-order chi connectivity index (χ1) is 17.8. The molecule has 0 fully saturated rings. The zero-order valence-electron chi connectivity index (χ0n) is 19.5. The third-order valence-electron chi connectivity index (χ3n) is 5.44. The number of aromatic carboxylic acids is 1. The molecular formula is C25H23N5O7. The molecule has 12 heteroatoms. The molecule has 0 bridgehead atoms. The van der Waals surface area contributed by atoms with E-state index in [9.17, 15) is 24.3 Å². The standard InChI is InChI=1S/C25H23N5O7/c31-22-13-37-21-6-3-16(7-19(21)29-22)9-26-24(34)20-8-18(27-14-28-20)11-30(12-23(32)33)10-15-1-4-17(5-2-15)25(35)36/h1-8,14H,9-13H2,(H,26,34)(H,29,31)(H,32,33)(H,35,36). The Morgan fingerprint density at radius 3 is 2.49 bits per heavy atom. The van der Waals surface area contributed by atoms with Crippen molar-refractivity contribution in [1.82, 2.24) is 20.2 Å². The Hall–Kier alpha value is -4.84. The SMILES string of the molecule is O=C(O)CN(Cc1ccc(C(=O)O)cc1)Cc1cc(C(=O)NCc2ccc3c(c2)NC(=O)CO3)ncn1. The Morgan fingerprint density at radius 1 is 1.00 bits per heavy atom. The number of fused-ring (bicyclic) bond motifs is 1. The lowest BCUT2D eigenvalue weighted by molar-refractivity contribution is -0.138. The van der Waals surface area contributed by atoms with E-state index in [1.54, 1.807) is 35.2 Å². The maximum atomic E-state index is 12.7. The summed E-state index contributed by atoms with van der Waals surface area (Å²) in [4.78, 5) is 56.4. The highest BCUT2D eigenvalue weighted by Crippen LogP contribution is 2.28. The van der Waals surface area contributed by atoms with Gasteiger partial charge in [-0.1, -0.05) is 18.2 Å². The van der Waals surface area contributed by atoms with Crippen molar-refractivity contribution in [2.45, 2.75) is 19.6 Å². The number of amides is 2. The second-order valence-corrected chi connectivity index (χ2v) is 8.29. The predicted octanol–water partition coefficient (Wildman–Crippen LogP) is 1.52. The first-order valence-corrected chi connectivity index (χ1v) is 11.2. The third kappa shape index (κ3) is 6.86. The Labute approximate surface area is 210 Å². The number of nitrogens with one attached hydrogen (secondary N) is 2. The van der Waals surface area contributed by atoms with Crippen LogP contribution in [0.3, 0.4) is 0 Å². The molecule has 1 aromatic heterocycles. The molecule has 0 radical (unpaired) electrons. The van der Waals surface area contributed by atoms with Crippen molar-refractivity contribution in [3.63, 3.8) is 0 Å². The molecule has 37 heavy (non-hydrogen) atoms. The van der Waals surface area contributed by atoms with E-state index in [0.29, 0.717) is 17.1 Å². The predicted molar refractivity (Wildman–Crippen MR) is 129 cm³/mol. The van der Waals surface area contributed by atoms with Gasteiger partial charge in [0.05, 0.1) is 23.5 Å². The number of carbonyl (C=O) groups is 4. The fourth-order valence-corrected chi connectivity index (χ4v) is 3.72. The van der Waals surface area contributed by atoms with Crippen LogP contribution in [0.4, 0.5) is 5.69 Å². The van der Waals surface area contributed by atoms with E-state index < -0.39 is 17.8 Å². The highest BCUT2D eigenvalue weighted by molar-refractivity contribution is 5.95. The minimum atomic E-state index is -1.05. The molecule has 0 aliphatic carbocycles. The summed E-state index contributed by atoms with van der Waals surface area (Å²) >= 11 is 0. The van der Waals surface area contributed by atoms with Gasteiger partial charge in [0.15, 0.2) is 6.61 Å². The van der Waals surface area contributed by atoms with Gasteiger partial charge in [0.2, 0.25) is 0 Å². The van der Waals surface area contributed by atoms with Crippen molar-refractivity contribution < 1.29 is 34.1 Å². The van der Waals surface area contributed by atoms with Crippen LogP contribution in [-0.4, -0.2) is 62.0 Å². The molecule has 1 aliphatic rings. The zero-order chi connectivity index (χ0) is 26.4. The number of hydrogen-bond donors (Lipinski definition) is 4. The molecule has 0 spiro atoms. The summed E-state index contributed by atoms with van der Waals surface area (Å²) in [5.41, 5.74) is 2.69. The Kier molecular flexibility index (Phi) is 7.69. The van der Waals surface area contributed by atoms with Crippen LogP contribution in [0.25, 0.3) is 0 Å². The molecule has 2 aromatic carbocycles. The largest absolute Gasteiger partial charge is 0.482 e. The van der Waals surface area contributed by atoms with Crippen LogP contribution >= 0.6 is 0 Å². The number of anilines is 1. The number of carbonyl (C=O) groups excluding carboxylic acids is 2. The maximum absolute atomic E-state index is 12.7. The van der Waals surface area contributed by atoms with E-state index in [1.165, 1.54) is 24.5 Å². The molecule has 1 aliphatic heterocycles. The Bertz CT molecular complexity index is 1340. The summed E-state index contributed by atoms with van der Waals surface area (Å²) in [6, 6.07) is 12.8. The molecule has 12 nitrogen and oxygen atoms in total. The normalized spacial score (nSPS) is 12.3. The van der Waals surface area contributed by atoms with E-state index in [2.05, 4.69) is 20.6 Å². The molecule has 0 saturated carbocycles. The van der Waals surface area contributed by atoms with Gasteiger partial charge in [-0.05, 0) is 41.5 Å². The fourth-order valence-electron chi connectivity index (χ4n) is 3.72. The van der Waals surface area contributed by atoms with E-state index in [0.717, 1.165) is 11.1 Å². The number of hydrogen-bond acceptors (Lipinski definition) is 8. The van der Waals surface area contributed by atoms with Gasteiger partial charge < -0.3 is 25.6 Å². The molecule has 3 aromatic rings. The van der Waals surface area contributed by atoms with Crippen LogP contribution in [0.15, 0.2) is 54.9 Å². The first-order valence-electron chi connectivity index (χ1n) is 11.2. The number of carboxylic acids is 2. The van der Waals surface area contributed by atoms with Gasteiger partial charge in [-0.2, -0.15) is 0 Å². The minimum Gasteiger partial charge on any atom is -0.482 e. The van der Waals surface area contributed by atoms with E-state index in [4.69, 9.17) is 9.84 Å². The topological polar surface area (TPSA) is 171 Å². The number of aromatic nitrogens is 2. The van der Waals surface area contributed by atoms with Crippen LogP contribution in [0.1, 0.15) is 37.7 Å². The van der Waals surface area contributed by atoms with Crippen LogP contribution in [0.5, 0.6) is 5.75 Å². The summed E-state index contributed by atoms with van der Waals surface area (Å²) in [7, 11) is 0. The molecule has 4 N–H and O–H groups in total. The Morgan fingerprint density at radius 2 is 1.76 bits per heavy atom.